The molecule has 1 saturated heterocycles. The van der Waals surface area contributed by atoms with Crippen molar-refractivity contribution in [3.63, 3.8) is 0 Å². The van der Waals surface area contributed by atoms with Gasteiger partial charge in [-0.2, -0.15) is 0 Å². The molecule has 2 fully saturated rings. The van der Waals surface area contributed by atoms with E-state index in [0.717, 1.165) is 19.4 Å². The van der Waals surface area contributed by atoms with Crippen LogP contribution in [0, 0.1) is 5.41 Å². The second-order valence-corrected chi connectivity index (χ2v) is 6.25. The van der Waals surface area contributed by atoms with Gasteiger partial charge in [0.15, 0.2) is 0 Å². The van der Waals surface area contributed by atoms with Gasteiger partial charge in [-0.05, 0) is 39.3 Å². The second-order valence-electron chi connectivity index (χ2n) is 6.25. The van der Waals surface area contributed by atoms with Crippen LogP contribution in [0.1, 0.15) is 32.1 Å². The molecule has 1 aliphatic carbocycles. The molecule has 2 aliphatic rings. The molecule has 0 bridgehead atoms. The number of carbonyl (C=O) groups is 2. The Hall–Kier alpha value is -1.30. The summed E-state index contributed by atoms with van der Waals surface area (Å²) in [4.78, 5) is 27.2. The number of carboxylic acids is 1. The fourth-order valence-electron chi connectivity index (χ4n) is 3.06. The number of likely N-dealkylation sites (N-methyl/N-ethyl adjacent to an activating group) is 2. The average Bonchev–Trinajstić information content (AvgIpc) is 2.72. The number of carbonyl (C=O) groups excluding carboxylic acids is 1. The van der Waals surface area contributed by atoms with E-state index in [1.54, 1.807) is 11.9 Å². The van der Waals surface area contributed by atoms with Gasteiger partial charge in [-0.1, -0.05) is 6.42 Å². The fraction of sp³-hybridized carbons (Fsp3) is 0.857. The van der Waals surface area contributed by atoms with E-state index in [-0.39, 0.29) is 12.6 Å². The number of likely N-dealkylation sites (tertiary alicyclic amines) is 1. The largest absolute Gasteiger partial charge is 0.481 e. The number of aliphatic carboxylic acids is 1. The zero-order valence-electron chi connectivity index (χ0n) is 12.4. The van der Waals surface area contributed by atoms with Crippen molar-refractivity contribution in [1.82, 2.24) is 15.1 Å². The molecule has 0 aromatic heterocycles. The van der Waals surface area contributed by atoms with Crippen LogP contribution < -0.4 is 5.32 Å². The number of hydrogen-bond donors (Lipinski definition) is 2. The average molecular weight is 283 g/mol. The third kappa shape index (κ3) is 3.06. The molecular weight excluding hydrogens is 258 g/mol. The number of rotatable bonds is 5. The molecular formula is C14H25N3O3. The Balaban J connectivity index is 1.78. The molecule has 0 aromatic rings. The predicted molar refractivity (Wildman–Crippen MR) is 75.6 cm³/mol. The molecule has 2 rings (SSSR count). The van der Waals surface area contributed by atoms with Crippen molar-refractivity contribution in [2.24, 2.45) is 5.41 Å². The Bertz CT molecular complexity index is 382. The number of carboxylic acid groups (broad SMARTS) is 1. The molecule has 114 valence electrons. The second kappa shape index (κ2) is 5.99. The lowest BCUT2D eigenvalue weighted by Gasteiger charge is -2.38. The molecule has 1 aliphatic heterocycles. The molecule has 6 nitrogen and oxygen atoms in total. The van der Waals surface area contributed by atoms with Crippen LogP contribution in [0.2, 0.25) is 0 Å². The van der Waals surface area contributed by atoms with Crippen molar-refractivity contribution >= 4 is 12.0 Å². The third-order valence-electron chi connectivity index (χ3n) is 4.85. The van der Waals surface area contributed by atoms with Crippen LogP contribution in [0.25, 0.3) is 0 Å². The number of urea groups is 1. The van der Waals surface area contributed by atoms with E-state index < -0.39 is 11.4 Å². The van der Waals surface area contributed by atoms with Gasteiger partial charge < -0.3 is 20.2 Å². The van der Waals surface area contributed by atoms with E-state index in [1.165, 1.54) is 6.42 Å². The molecule has 0 radical (unpaired) electrons. The Labute approximate surface area is 120 Å². The van der Waals surface area contributed by atoms with Gasteiger partial charge in [-0.25, -0.2) is 4.79 Å². The number of nitrogens with one attached hydrogen (secondary N) is 1. The maximum atomic E-state index is 12.1. The Morgan fingerprint density at radius 1 is 1.40 bits per heavy atom. The van der Waals surface area contributed by atoms with Crippen molar-refractivity contribution < 1.29 is 14.7 Å². The maximum absolute atomic E-state index is 12.1. The summed E-state index contributed by atoms with van der Waals surface area (Å²) in [5, 5.41) is 12.0. The van der Waals surface area contributed by atoms with Crippen LogP contribution in [0.3, 0.4) is 0 Å². The van der Waals surface area contributed by atoms with Crippen molar-refractivity contribution in [3.05, 3.63) is 0 Å². The Morgan fingerprint density at radius 2 is 2.10 bits per heavy atom. The van der Waals surface area contributed by atoms with E-state index in [0.29, 0.717) is 25.4 Å². The molecule has 1 saturated carbocycles. The highest BCUT2D eigenvalue weighted by atomic mass is 16.4. The monoisotopic (exact) mass is 283 g/mol. The van der Waals surface area contributed by atoms with Crippen LogP contribution in [0.4, 0.5) is 4.79 Å². The summed E-state index contributed by atoms with van der Waals surface area (Å²) < 4.78 is 0. The van der Waals surface area contributed by atoms with Crippen molar-refractivity contribution in [2.75, 3.05) is 33.7 Å². The number of hydrogen-bond acceptors (Lipinski definition) is 3. The van der Waals surface area contributed by atoms with Gasteiger partial charge in [0.25, 0.3) is 0 Å². The molecule has 1 unspecified atom stereocenters. The Morgan fingerprint density at radius 3 is 2.55 bits per heavy atom. The van der Waals surface area contributed by atoms with Crippen LogP contribution >= 0.6 is 0 Å². The topological polar surface area (TPSA) is 72.9 Å². The zero-order chi connectivity index (χ0) is 14.8. The summed E-state index contributed by atoms with van der Waals surface area (Å²) in [6.07, 6.45) is 4.56. The first-order chi connectivity index (χ1) is 9.44. The number of amides is 2. The van der Waals surface area contributed by atoms with Crippen LogP contribution in [-0.2, 0) is 4.79 Å². The van der Waals surface area contributed by atoms with Gasteiger partial charge in [-0.3, -0.25) is 4.79 Å². The van der Waals surface area contributed by atoms with E-state index in [2.05, 4.69) is 17.3 Å². The molecule has 0 aromatic carbocycles. The van der Waals surface area contributed by atoms with Gasteiger partial charge >= 0.3 is 12.0 Å². The smallest absolute Gasteiger partial charge is 0.317 e. The van der Waals surface area contributed by atoms with Gasteiger partial charge in [0.2, 0.25) is 0 Å². The lowest BCUT2D eigenvalue weighted by Crippen LogP contribution is -2.51. The Kier molecular flexibility index (Phi) is 4.52. The van der Waals surface area contributed by atoms with Crippen molar-refractivity contribution in [2.45, 2.75) is 38.1 Å². The first kappa shape index (κ1) is 15.1. The quantitative estimate of drug-likeness (QED) is 0.789. The summed E-state index contributed by atoms with van der Waals surface area (Å²) in [7, 11) is 3.85. The molecule has 1 atom stereocenters. The van der Waals surface area contributed by atoms with E-state index in [9.17, 15) is 14.7 Å². The van der Waals surface area contributed by atoms with Crippen LogP contribution in [-0.4, -0.2) is 66.7 Å². The molecule has 2 N–H and O–H groups in total. The third-order valence-corrected chi connectivity index (χ3v) is 4.85. The number of nitrogens with zero attached hydrogens (tertiary/aromatic N) is 2. The van der Waals surface area contributed by atoms with Crippen molar-refractivity contribution in [1.29, 1.82) is 0 Å². The molecule has 6 heteroatoms. The van der Waals surface area contributed by atoms with E-state index >= 15 is 0 Å². The highest BCUT2D eigenvalue weighted by Crippen LogP contribution is 2.40. The minimum absolute atomic E-state index is 0.169. The molecule has 2 amide bonds. The minimum Gasteiger partial charge on any atom is -0.481 e. The normalized spacial score (nSPS) is 25.0. The lowest BCUT2D eigenvalue weighted by atomic mass is 9.69. The summed E-state index contributed by atoms with van der Waals surface area (Å²) in [6, 6.07) is 0.251. The minimum atomic E-state index is -0.790. The van der Waals surface area contributed by atoms with Crippen LogP contribution in [0.15, 0.2) is 0 Å². The first-order valence-corrected chi connectivity index (χ1v) is 7.37. The predicted octanol–water partition coefficient (Wildman–Crippen LogP) is 0.977. The standard InChI is InChI=1S/C14H25N3O3/c1-16-8-3-5-11(16)9-17(2)13(20)15-10-14(12(18)19)6-4-7-14/h11H,3-10H2,1-2H3,(H,15,20)(H,18,19). The van der Waals surface area contributed by atoms with E-state index in [1.807, 2.05) is 0 Å². The summed E-state index contributed by atoms with van der Waals surface area (Å²) in [5.41, 5.74) is -0.722. The van der Waals surface area contributed by atoms with E-state index in [4.69, 9.17) is 0 Å². The maximum Gasteiger partial charge on any atom is 0.317 e. The summed E-state index contributed by atoms with van der Waals surface area (Å²) in [5.74, 6) is -0.790. The highest BCUT2D eigenvalue weighted by molar-refractivity contribution is 5.78. The van der Waals surface area contributed by atoms with Crippen molar-refractivity contribution in [3.8, 4) is 0 Å². The van der Waals surface area contributed by atoms with Gasteiger partial charge in [0, 0.05) is 26.2 Å². The molecule has 0 spiro atoms. The zero-order valence-corrected chi connectivity index (χ0v) is 12.4. The van der Waals surface area contributed by atoms with Gasteiger partial charge in [-0.15, -0.1) is 0 Å². The molecule has 1 heterocycles. The fourth-order valence-corrected chi connectivity index (χ4v) is 3.06. The SMILES string of the molecule is CN(CC1CCCN1C)C(=O)NCC1(C(=O)O)CCC1. The van der Waals surface area contributed by atoms with Gasteiger partial charge in [0.1, 0.15) is 0 Å². The van der Waals surface area contributed by atoms with Gasteiger partial charge in [0.05, 0.1) is 5.41 Å². The highest BCUT2D eigenvalue weighted by Gasteiger charge is 2.44. The summed E-state index contributed by atoms with van der Waals surface area (Å²) >= 11 is 0. The first-order valence-electron chi connectivity index (χ1n) is 7.37. The summed E-state index contributed by atoms with van der Waals surface area (Å²) in [6.45, 7) is 2.02. The van der Waals surface area contributed by atoms with Crippen LogP contribution in [0.5, 0.6) is 0 Å². The lowest BCUT2D eigenvalue weighted by molar-refractivity contribution is -0.153. The molecule has 20 heavy (non-hydrogen) atoms.